The normalized spacial score (nSPS) is 35.9. The smallest absolute Gasteiger partial charge is 0.160 e. The lowest BCUT2D eigenvalue weighted by Crippen LogP contribution is -2.52. The Balaban J connectivity index is 1.48. The van der Waals surface area contributed by atoms with Gasteiger partial charge in [-0.3, -0.25) is 0 Å². The molecule has 0 aromatic heterocycles. The Morgan fingerprint density at radius 2 is 1.86 bits per heavy atom. The van der Waals surface area contributed by atoms with Crippen molar-refractivity contribution in [2.45, 2.75) is 127 Å². The molecule has 36 heavy (non-hydrogen) atoms. The molecular formula is C31H48O4S. The van der Waals surface area contributed by atoms with Gasteiger partial charge < -0.3 is 10.2 Å². The quantitative estimate of drug-likeness (QED) is 0.390. The molecule has 0 aromatic rings. The minimum Gasteiger partial charge on any atom is -0.393 e. The molecule has 202 valence electrons. The van der Waals surface area contributed by atoms with Gasteiger partial charge in [0.1, 0.15) is 0 Å². The van der Waals surface area contributed by atoms with Crippen molar-refractivity contribution in [2.24, 2.45) is 17.3 Å². The van der Waals surface area contributed by atoms with Crippen molar-refractivity contribution in [3.05, 3.63) is 47.1 Å². The molecule has 4 aliphatic carbocycles. The van der Waals surface area contributed by atoms with Crippen LogP contribution in [0.2, 0.25) is 0 Å². The molecule has 0 spiro atoms. The van der Waals surface area contributed by atoms with Crippen LogP contribution in [0.15, 0.2) is 47.1 Å². The van der Waals surface area contributed by atoms with Crippen molar-refractivity contribution < 1.29 is 18.6 Å². The van der Waals surface area contributed by atoms with Crippen LogP contribution in [0, 0.1) is 17.3 Å². The van der Waals surface area contributed by atoms with Crippen molar-refractivity contribution in [1.82, 2.24) is 0 Å². The van der Waals surface area contributed by atoms with Crippen molar-refractivity contribution in [2.75, 3.05) is 0 Å². The predicted molar refractivity (Wildman–Crippen MR) is 148 cm³/mol. The number of aliphatic hydroxyl groups excluding tert-OH is 2. The van der Waals surface area contributed by atoms with Crippen LogP contribution in [-0.4, -0.2) is 40.3 Å². The highest BCUT2D eigenvalue weighted by Gasteiger charge is 2.53. The maximum atomic E-state index is 13.4. The summed E-state index contributed by atoms with van der Waals surface area (Å²) in [5.74, 6) is 0.858. The Kier molecular flexibility index (Phi) is 7.62. The first-order valence-electron chi connectivity index (χ1n) is 14.1. The summed E-state index contributed by atoms with van der Waals surface area (Å²) in [4.78, 5) is 0. The number of rotatable bonds is 6. The highest BCUT2D eigenvalue weighted by Crippen LogP contribution is 2.58. The molecule has 5 atom stereocenters. The fourth-order valence-electron chi connectivity index (χ4n) is 7.59. The zero-order valence-electron chi connectivity index (χ0n) is 23.1. The van der Waals surface area contributed by atoms with E-state index in [0.717, 1.165) is 62.5 Å². The Hall–Kier alpha value is -1.17. The van der Waals surface area contributed by atoms with E-state index in [1.54, 1.807) is 0 Å². The molecule has 0 aromatic carbocycles. The predicted octanol–water partition coefficient (Wildman–Crippen LogP) is 6.60. The summed E-state index contributed by atoms with van der Waals surface area (Å²) in [6.07, 6.45) is 15.4. The molecule has 3 fully saturated rings. The Bertz CT molecular complexity index is 1070. The average Bonchev–Trinajstić information content (AvgIpc) is 3.11. The van der Waals surface area contributed by atoms with Crippen molar-refractivity contribution in [1.29, 1.82) is 0 Å². The molecule has 5 heteroatoms. The number of fused-ring (bicyclic) bond motifs is 1. The number of allylic oxidation sites excluding steroid dienone is 5. The molecule has 4 rings (SSSR count). The van der Waals surface area contributed by atoms with E-state index in [0.29, 0.717) is 24.7 Å². The summed E-state index contributed by atoms with van der Waals surface area (Å²) >= 11 is 0. The first kappa shape index (κ1) is 27.9. The monoisotopic (exact) mass is 516 g/mol. The first-order chi connectivity index (χ1) is 16.7. The van der Waals surface area contributed by atoms with Crippen LogP contribution >= 0.6 is 0 Å². The molecule has 0 radical (unpaired) electrons. The van der Waals surface area contributed by atoms with Crippen LogP contribution in [0.1, 0.15) is 105 Å². The van der Waals surface area contributed by atoms with Gasteiger partial charge in [-0.15, -0.1) is 0 Å². The summed E-state index contributed by atoms with van der Waals surface area (Å²) in [5, 5.41) is 20.3. The second-order valence-corrected chi connectivity index (χ2v) is 16.5. The van der Waals surface area contributed by atoms with Crippen molar-refractivity contribution >= 4 is 9.84 Å². The third-order valence-corrected chi connectivity index (χ3v) is 13.4. The van der Waals surface area contributed by atoms with E-state index in [1.165, 1.54) is 17.6 Å². The van der Waals surface area contributed by atoms with Crippen LogP contribution in [0.5, 0.6) is 0 Å². The van der Waals surface area contributed by atoms with Crippen molar-refractivity contribution in [3.8, 4) is 0 Å². The SMILES string of the molecule is C=C1/C(=C\C=C2/CCC[C@]3(C)C([C@H](C)CCC4(S(=O)(=O)C(C)(C)C)CCC4)=CC[C@@H]23)C[C@@H](O)C[C@@H]1O. The number of hydrogen-bond acceptors (Lipinski definition) is 4. The summed E-state index contributed by atoms with van der Waals surface area (Å²) in [6, 6.07) is 0. The summed E-state index contributed by atoms with van der Waals surface area (Å²) in [7, 11) is -3.18. The van der Waals surface area contributed by atoms with E-state index in [9.17, 15) is 18.6 Å². The Labute approximate surface area is 219 Å². The van der Waals surface area contributed by atoms with E-state index in [2.05, 4.69) is 38.7 Å². The van der Waals surface area contributed by atoms with E-state index in [1.807, 2.05) is 20.8 Å². The van der Waals surface area contributed by atoms with Gasteiger partial charge in [0.2, 0.25) is 0 Å². The van der Waals surface area contributed by atoms with Crippen LogP contribution in [0.4, 0.5) is 0 Å². The van der Waals surface area contributed by atoms with Gasteiger partial charge in [-0.25, -0.2) is 8.42 Å². The van der Waals surface area contributed by atoms with Gasteiger partial charge in [-0.05, 0) is 107 Å². The van der Waals surface area contributed by atoms with Gasteiger partial charge in [-0.2, -0.15) is 0 Å². The molecule has 0 aliphatic heterocycles. The van der Waals surface area contributed by atoms with Crippen LogP contribution < -0.4 is 0 Å². The molecule has 2 N–H and O–H groups in total. The lowest BCUT2D eigenvalue weighted by atomic mass is 9.62. The minimum absolute atomic E-state index is 0.125. The maximum Gasteiger partial charge on any atom is 0.160 e. The Morgan fingerprint density at radius 1 is 1.17 bits per heavy atom. The second-order valence-electron chi connectivity index (χ2n) is 13.4. The third-order valence-electron chi connectivity index (χ3n) is 10.1. The second kappa shape index (κ2) is 9.85. The van der Waals surface area contributed by atoms with Crippen LogP contribution in [0.25, 0.3) is 0 Å². The maximum absolute atomic E-state index is 13.4. The van der Waals surface area contributed by atoms with E-state index < -0.39 is 31.5 Å². The van der Waals surface area contributed by atoms with Crippen LogP contribution in [0.3, 0.4) is 0 Å². The first-order valence-corrected chi connectivity index (χ1v) is 15.6. The van der Waals surface area contributed by atoms with Gasteiger partial charge >= 0.3 is 0 Å². The molecule has 0 heterocycles. The largest absolute Gasteiger partial charge is 0.393 e. The fourth-order valence-corrected chi connectivity index (χ4v) is 10.1. The molecule has 0 saturated heterocycles. The minimum atomic E-state index is -3.18. The van der Waals surface area contributed by atoms with Crippen molar-refractivity contribution in [3.63, 3.8) is 0 Å². The van der Waals surface area contributed by atoms with Gasteiger partial charge in [0.25, 0.3) is 0 Å². The zero-order valence-corrected chi connectivity index (χ0v) is 24.0. The van der Waals surface area contributed by atoms with E-state index >= 15 is 0 Å². The lowest BCUT2D eigenvalue weighted by molar-refractivity contribution is 0.0862. The van der Waals surface area contributed by atoms with E-state index in [4.69, 9.17) is 0 Å². The summed E-state index contributed by atoms with van der Waals surface area (Å²) < 4.78 is 25.6. The topological polar surface area (TPSA) is 74.6 Å². The van der Waals surface area contributed by atoms with Gasteiger partial charge in [0.05, 0.1) is 21.7 Å². The molecule has 0 unspecified atom stereocenters. The number of hydrogen-bond donors (Lipinski definition) is 2. The molecular weight excluding hydrogens is 468 g/mol. The van der Waals surface area contributed by atoms with Gasteiger partial charge in [0.15, 0.2) is 9.84 Å². The van der Waals surface area contributed by atoms with E-state index in [-0.39, 0.29) is 5.41 Å². The molecule has 3 saturated carbocycles. The lowest BCUT2D eigenvalue weighted by Gasteiger charge is -2.46. The summed E-state index contributed by atoms with van der Waals surface area (Å²) in [5.41, 5.74) is 4.82. The zero-order chi connectivity index (χ0) is 26.5. The van der Waals surface area contributed by atoms with Gasteiger partial charge in [-0.1, -0.05) is 56.2 Å². The highest BCUT2D eigenvalue weighted by molar-refractivity contribution is 7.94. The standard InChI is InChI=1S/C31H48O4S/c1-21(14-18-31(16-8-17-31)36(34,35)29(3,4)5)26-12-13-27-23(9-7-15-30(26,27)6)10-11-24-19-25(32)20-28(33)22(24)2/h10-12,21,25,27-28,32-33H,2,7-9,13-20H2,1,3-6H3/b23-10+,24-11-/t21-,25-,27+,28+,30-/m1/s1. The van der Waals surface area contributed by atoms with Crippen LogP contribution in [-0.2, 0) is 9.84 Å². The van der Waals surface area contributed by atoms with Gasteiger partial charge in [0, 0.05) is 6.42 Å². The number of aliphatic hydroxyl groups is 2. The average molecular weight is 517 g/mol. The third kappa shape index (κ3) is 4.73. The molecule has 0 amide bonds. The molecule has 4 aliphatic rings. The fraction of sp³-hybridized carbons (Fsp3) is 0.742. The number of sulfone groups is 1. The highest BCUT2D eigenvalue weighted by atomic mass is 32.2. The molecule has 4 nitrogen and oxygen atoms in total. The molecule has 0 bridgehead atoms. The summed E-state index contributed by atoms with van der Waals surface area (Å²) in [6.45, 7) is 14.4. The Morgan fingerprint density at radius 3 is 2.47 bits per heavy atom.